The molecule has 0 aromatic carbocycles. The Bertz CT molecular complexity index is 552. The van der Waals surface area contributed by atoms with Gasteiger partial charge in [0.1, 0.15) is 5.15 Å². The second kappa shape index (κ2) is 6.65. The Hall–Kier alpha value is -1.62. The van der Waals surface area contributed by atoms with Gasteiger partial charge in [-0.1, -0.05) is 32.4 Å². The van der Waals surface area contributed by atoms with E-state index in [-0.39, 0.29) is 17.7 Å². The Morgan fingerprint density at radius 3 is 2.68 bits per heavy atom. The molecule has 1 saturated heterocycles. The van der Waals surface area contributed by atoms with Crippen molar-refractivity contribution in [3.63, 3.8) is 0 Å². The van der Waals surface area contributed by atoms with Crippen LogP contribution in [0.25, 0.3) is 0 Å². The highest BCUT2D eigenvalue weighted by atomic mass is 35.5. The molecule has 2 heterocycles. The highest BCUT2D eigenvalue weighted by molar-refractivity contribution is 6.29. The smallest absolute Gasteiger partial charge is 0.229 e. The van der Waals surface area contributed by atoms with Gasteiger partial charge in [0.05, 0.1) is 17.8 Å². The number of pyridine rings is 1. The molecule has 1 N–H and O–H groups in total. The second-order valence-electron chi connectivity index (χ2n) is 6.70. The molecule has 5 nitrogen and oxygen atoms in total. The SMILES string of the molecule is CC(C)(C)C(=O)N1CCC[C@H](C(=O)Nc2ccc(Cl)nc2)C1. The number of anilines is 1. The molecule has 120 valence electrons. The maximum atomic E-state index is 12.4. The molecular weight excluding hydrogens is 302 g/mol. The van der Waals surface area contributed by atoms with Crippen molar-refractivity contribution < 1.29 is 9.59 Å². The number of nitrogens with one attached hydrogen (secondary N) is 1. The van der Waals surface area contributed by atoms with E-state index >= 15 is 0 Å². The van der Waals surface area contributed by atoms with Crippen LogP contribution in [0.1, 0.15) is 33.6 Å². The molecule has 6 heteroatoms. The van der Waals surface area contributed by atoms with Gasteiger partial charge in [0.25, 0.3) is 0 Å². The fourth-order valence-corrected chi connectivity index (χ4v) is 2.66. The first-order valence-corrected chi connectivity index (χ1v) is 7.87. The average Bonchev–Trinajstić information content (AvgIpc) is 2.48. The van der Waals surface area contributed by atoms with Crippen LogP contribution in [0.3, 0.4) is 0 Å². The molecule has 1 aliphatic rings. The lowest BCUT2D eigenvalue weighted by Gasteiger charge is -2.35. The zero-order valence-electron chi connectivity index (χ0n) is 13.2. The molecule has 0 unspecified atom stereocenters. The molecule has 1 aliphatic heterocycles. The molecule has 1 atom stereocenters. The van der Waals surface area contributed by atoms with E-state index in [4.69, 9.17) is 11.6 Å². The molecule has 22 heavy (non-hydrogen) atoms. The van der Waals surface area contributed by atoms with Crippen LogP contribution in [0.2, 0.25) is 5.15 Å². The Morgan fingerprint density at radius 1 is 1.36 bits per heavy atom. The van der Waals surface area contributed by atoms with Crippen molar-refractivity contribution in [1.82, 2.24) is 9.88 Å². The third-order valence-corrected chi connectivity index (χ3v) is 3.94. The Kier molecular flexibility index (Phi) is 5.06. The largest absolute Gasteiger partial charge is 0.341 e. The second-order valence-corrected chi connectivity index (χ2v) is 7.09. The molecule has 1 aromatic heterocycles. The van der Waals surface area contributed by atoms with Crippen molar-refractivity contribution in [2.24, 2.45) is 11.3 Å². The quantitative estimate of drug-likeness (QED) is 0.851. The van der Waals surface area contributed by atoms with Crippen LogP contribution in [0, 0.1) is 11.3 Å². The van der Waals surface area contributed by atoms with Crippen LogP contribution in [0.4, 0.5) is 5.69 Å². The minimum Gasteiger partial charge on any atom is -0.341 e. The predicted octanol–water partition coefficient (Wildman–Crippen LogP) is 2.96. The molecule has 1 fully saturated rings. The zero-order chi connectivity index (χ0) is 16.3. The lowest BCUT2D eigenvalue weighted by molar-refractivity contribution is -0.142. The summed E-state index contributed by atoms with van der Waals surface area (Å²) in [6, 6.07) is 3.35. The summed E-state index contributed by atoms with van der Waals surface area (Å²) in [6.07, 6.45) is 3.17. The summed E-state index contributed by atoms with van der Waals surface area (Å²) in [6.45, 7) is 6.90. The van der Waals surface area contributed by atoms with Crippen molar-refractivity contribution in [3.05, 3.63) is 23.5 Å². The minimum atomic E-state index is -0.418. The van der Waals surface area contributed by atoms with Crippen LogP contribution in [0.5, 0.6) is 0 Å². The number of halogens is 1. The number of carbonyl (C=O) groups excluding carboxylic acids is 2. The molecule has 2 rings (SSSR count). The van der Waals surface area contributed by atoms with Gasteiger partial charge < -0.3 is 10.2 Å². The molecule has 1 aromatic rings. The van der Waals surface area contributed by atoms with Gasteiger partial charge in [-0.2, -0.15) is 0 Å². The van der Waals surface area contributed by atoms with E-state index in [9.17, 15) is 9.59 Å². The fraction of sp³-hybridized carbons (Fsp3) is 0.562. The average molecular weight is 324 g/mol. The van der Waals surface area contributed by atoms with E-state index < -0.39 is 5.41 Å². The van der Waals surface area contributed by atoms with Gasteiger partial charge in [0.2, 0.25) is 11.8 Å². The van der Waals surface area contributed by atoms with Crippen LogP contribution in [0.15, 0.2) is 18.3 Å². The first kappa shape index (κ1) is 16.7. The predicted molar refractivity (Wildman–Crippen MR) is 86.6 cm³/mol. The summed E-state index contributed by atoms with van der Waals surface area (Å²) >= 11 is 5.73. The van der Waals surface area contributed by atoms with Gasteiger partial charge in [-0.05, 0) is 25.0 Å². The van der Waals surface area contributed by atoms with E-state index in [0.29, 0.717) is 17.4 Å². The number of likely N-dealkylation sites (tertiary alicyclic amines) is 1. The number of aromatic nitrogens is 1. The number of carbonyl (C=O) groups is 2. The van der Waals surface area contributed by atoms with Gasteiger partial charge in [-0.25, -0.2) is 4.98 Å². The number of piperidine rings is 1. The van der Waals surface area contributed by atoms with Crippen LogP contribution in [-0.4, -0.2) is 34.8 Å². The molecule has 0 radical (unpaired) electrons. The molecule has 0 bridgehead atoms. The summed E-state index contributed by atoms with van der Waals surface area (Å²) in [5, 5.41) is 3.23. The number of nitrogens with zero attached hydrogens (tertiary/aromatic N) is 2. The lowest BCUT2D eigenvalue weighted by Crippen LogP contribution is -2.47. The summed E-state index contributed by atoms with van der Waals surface area (Å²) in [5.74, 6) is -0.163. The zero-order valence-corrected chi connectivity index (χ0v) is 14.0. The van der Waals surface area contributed by atoms with Gasteiger partial charge in [0, 0.05) is 18.5 Å². The van der Waals surface area contributed by atoms with Gasteiger partial charge in [-0.15, -0.1) is 0 Å². The van der Waals surface area contributed by atoms with Crippen molar-refractivity contribution in [3.8, 4) is 0 Å². The topological polar surface area (TPSA) is 62.3 Å². The Labute approximate surface area is 136 Å². The monoisotopic (exact) mass is 323 g/mol. The van der Waals surface area contributed by atoms with Gasteiger partial charge >= 0.3 is 0 Å². The molecule has 0 spiro atoms. The number of hydrogen-bond acceptors (Lipinski definition) is 3. The third kappa shape index (κ3) is 4.19. The van der Waals surface area contributed by atoms with Crippen molar-refractivity contribution in [2.45, 2.75) is 33.6 Å². The van der Waals surface area contributed by atoms with Crippen LogP contribution in [-0.2, 0) is 9.59 Å². The van der Waals surface area contributed by atoms with Gasteiger partial charge in [0.15, 0.2) is 0 Å². The minimum absolute atomic E-state index is 0.0736. The van der Waals surface area contributed by atoms with Crippen molar-refractivity contribution in [1.29, 1.82) is 0 Å². The number of hydrogen-bond donors (Lipinski definition) is 1. The maximum Gasteiger partial charge on any atom is 0.229 e. The highest BCUT2D eigenvalue weighted by Gasteiger charge is 2.33. The molecule has 2 amide bonds. The summed E-state index contributed by atoms with van der Waals surface area (Å²) in [5.41, 5.74) is 0.201. The number of amides is 2. The Balaban J connectivity index is 1.98. The number of rotatable bonds is 2. The van der Waals surface area contributed by atoms with Crippen LogP contribution < -0.4 is 5.32 Å². The summed E-state index contributed by atoms with van der Waals surface area (Å²) in [4.78, 5) is 30.5. The summed E-state index contributed by atoms with van der Waals surface area (Å²) in [7, 11) is 0. The normalized spacial score (nSPS) is 18.9. The maximum absolute atomic E-state index is 12.4. The van der Waals surface area contributed by atoms with Crippen molar-refractivity contribution in [2.75, 3.05) is 18.4 Å². The van der Waals surface area contributed by atoms with E-state index in [1.165, 1.54) is 6.20 Å². The van der Waals surface area contributed by atoms with Crippen molar-refractivity contribution >= 4 is 29.1 Å². The first-order chi connectivity index (χ1) is 10.3. The van der Waals surface area contributed by atoms with E-state index in [1.54, 1.807) is 17.0 Å². The first-order valence-electron chi connectivity index (χ1n) is 7.49. The van der Waals surface area contributed by atoms with Gasteiger partial charge in [-0.3, -0.25) is 9.59 Å². The summed E-state index contributed by atoms with van der Waals surface area (Å²) < 4.78 is 0. The van der Waals surface area contributed by atoms with Crippen LogP contribution >= 0.6 is 11.6 Å². The standard InChI is InChI=1S/C16H22ClN3O2/c1-16(2,3)15(22)20-8-4-5-11(10-20)14(21)19-12-6-7-13(17)18-9-12/h6-7,9,11H,4-5,8,10H2,1-3H3,(H,19,21)/t11-/m0/s1. The third-order valence-electron chi connectivity index (χ3n) is 3.72. The van der Waals surface area contributed by atoms with E-state index in [2.05, 4.69) is 10.3 Å². The Morgan fingerprint density at radius 2 is 2.09 bits per heavy atom. The molecule has 0 aliphatic carbocycles. The lowest BCUT2D eigenvalue weighted by atomic mass is 9.91. The van der Waals surface area contributed by atoms with E-state index in [1.807, 2.05) is 20.8 Å². The molecular formula is C16H22ClN3O2. The molecule has 0 saturated carbocycles. The highest BCUT2D eigenvalue weighted by Crippen LogP contribution is 2.24. The van der Waals surface area contributed by atoms with E-state index in [0.717, 1.165) is 19.4 Å². The fourth-order valence-electron chi connectivity index (χ4n) is 2.54.